The van der Waals surface area contributed by atoms with Crippen LogP contribution < -0.4 is 10.6 Å². The summed E-state index contributed by atoms with van der Waals surface area (Å²) in [4.78, 5) is 20.2. The Labute approximate surface area is 83.9 Å². The van der Waals surface area contributed by atoms with Gasteiger partial charge in [0.2, 0.25) is 5.91 Å². The summed E-state index contributed by atoms with van der Waals surface area (Å²) in [5.74, 6) is -0.579. The lowest BCUT2D eigenvalue weighted by Crippen LogP contribution is -2.32. The number of hydrogen-bond donors (Lipinski definition) is 3. The minimum Gasteiger partial charge on any atom is -0.480 e. The Morgan fingerprint density at radius 3 is 2.43 bits per heavy atom. The molecule has 0 aromatic carbocycles. The van der Waals surface area contributed by atoms with Crippen LogP contribution in [0.2, 0.25) is 0 Å². The number of nitrogens with one attached hydrogen (secondary N) is 2. The van der Waals surface area contributed by atoms with Crippen LogP contribution in [0.1, 0.15) is 26.2 Å². The molecule has 1 rings (SSSR count). The van der Waals surface area contributed by atoms with Crippen molar-refractivity contribution in [3.05, 3.63) is 0 Å². The van der Waals surface area contributed by atoms with Crippen molar-refractivity contribution in [3.8, 4) is 0 Å². The third-order valence-corrected chi connectivity index (χ3v) is 1.96. The molecular formula is C9H18N2O3. The van der Waals surface area contributed by atoms with E-state index < -0.39 is 5.97 Å². The van der Waals surface area contributed by atoms with Gasteiger partial charge in [0, 0.05) is 13.0 Å². The van der Waals surface area contributed by atoms with E-state index in [0.717, 1.165) is 19.4 Å². The first-order chi connectivity index (χ1) is 6.61. The molecule has 1 fully saturated rings. The molecule has 1 atom stereocenters. The summed E-state index contributed by atoms with van der Waals surface area (Å²) in [7, 11) is 1.64. The molecule has 82 valence electrons. The number of carboxylic acids is 1. The van der Waals surface area contributed by atoms with Gasteiger partial charge in [-0.2, -0.15) is 0 Å². The van der Waals surface area contributed by atoms with Crippen molar-refractivity contribution in [2.24, 2.45) is 0 Å². The van der Waals surface area contributed by atoms with Gasteiger partial charge in [-0.05, 0) is 19.9 Å². The second-order valence-corrected chi connectivity index (χ2v) is 3.04. The van der Waals surface area contributed by atoms with E-state index in [-0.39, 0.29) is 11.9 Å². The molecule has 0 spiro atoms. The van der Waals surface area contributed by atoms with Crippen LogP contribution in [0.3, 0.4) is 0 Å². The lowest BCUT2D eigenvalue weighted by Gasteiger charge is -2.05. The Bertz CT molecular complexity index is 182. The number of amides is 1. The van der Waals surface area contributed by atoms with Crippen LogP contribution >= 0.6 is 0 Å². The number of hydrogen-bond acceptors (Lipinski definition) is 3. The monoisotopic (exact) mass is 202 g/mol. The Morgan fingerprint density at radius 2 is 2.36 bits per heavy atom. The highest BCUT2D eigenvalue weighted by molar-refractivity contribution is 5.77. The van der Waals surface area contributed by atoms with Crippen LogP contribution in [0.4, 0.5) is 0 Å². The SMILES string of the molecule is CCC(NC)C(=O)O.O=C1CCCN1. The second kappa shape index (κ2) is 7.32. The van der Waals surface area contributed by atoms with Gasteiger partial charge in [-0.1, -0.05) is 6.92 Å². The molecule has 3 N–H and O–H groups in total. The van der Waals surface area contributed by atoms with Gasteiger partial charge < -0.3 is 15.7 Å². The lowest BCUT2D eigenvalue weighted by molar-refractivity contribution is -0.139. The van der Waals surface area contributed by atoms with E-state index in [0.29, 0.717) is 6.42 Å². The molecule has 0 aromatic rings. The van der Waals surface area contributed by atoms with E-state index in [4.69, 9.17) is 5.11 Å². The van der Waals surface area contributed by atoms with Gasteiger partial charge in [-0.15, -0.1) is 0 Å². The maximum Gasteiger partial charge on any atom is 0.320 e. The second-order valence-electron chi connectivity index (χ2n) is 3.04. The zero-order chi connectivity index (χ0) is 11.0. The van der Waals surface area contributed by atoms with Crippen molar-refractivity contribution in [1.82, 2.24) is 10.6 Å². The predicted octanol–water partition coefficient (Wildman–Crippen LogP) is -0.0346. The van der Waals surface area contributed by atoms with Crippen molar-refractivity contribution in [2.45, 2.75) is 32.2 Å². The maximum absolute atomic E-state index is 10.1. The van der Waals surface area contributed by atoms with Crippen LogP contribution in [0, 0.1) is 0 Å². The summed E-state index contributed by atoms with van der Waals surface area (Å²) < 4.78 is 0. The highest BCUT2D eigenvalue weighted by atomic mass is 16.4. The summed E-state index contributed by atoms with van der Waals surface area (Å²) in [6.45, 7) is 2.72. The van der Waals surface area contributed by atoms with Crippen molar-refractivity contribution in [2.75, 3.05) is 13.6 Å². The van der Waals surface area contributed by atoms with Crippen LogP contribution in [-0.4, -0.2) is 36.6 Å². The van der Waals surface area contributed by atoms with Crippen molar-refractivity contribution < 1.29 is 14.7 Å². The van der Waals surface area contributed by atoms with Gasteiger partial charge in [0.05, 0.1) is 0 Å². The van der Waals surface area contributed by atoms with Gasteiger partial charge in [-0.25, -0.2) is 0 Å². The standard InChI is InChI=1S/C5H11NO2.C4H7NO/c1-3-4(6-2)5(7)8;6-4-2-1-3-5-4/h4,6H,3H2,1-2H3,(H,7,8);1-3H2,(H,5,6). The first-order valence-electron chi connectivity index (χ1n) is 4.78. The number of carbonyl (C=O) groups is 2. The molecule has 14 heavy (non-hydrogen) atoms. The first-order valence-corrected chi connectivity index (χ1v) is 4.78. The molecule has 1 amide bonds. The summed E-state index contributed by atoms with van der Waals surface area (Å²) in [5, 5.41) is 13.6. The summed E-state index contributed by atoms with van der Waals surface area (Å²) in [5.41, 5.74) is 0. The predicted molar refractivity (Wildman–Crippen MR) is 53.0 cm³/mol. The van der Waals surface area contributed by atoms with Crippen LogP contribution in [0.5, 0.6) is 0 Å². The number of carbonyl (C=O) groups excluding carboxylic acids is 1. The molecule has 1 aliphatic heterocycles. The number of carboxylic acid groups (broad SMARTS) is 1. The Balaban J connectivity index is 0.000000249. The van der Waals surface area contributed by atoms with Gasteiger partial charge in [0.25, 0.3) is 0 Å². The Hall–Kier alpha value is -1.10. The highest BCUT2D eigenvalue weighted by Gasteiger charge is 2.09. The lowest BCUT2D eigenvalue weighted by atomic mass is 10.2. The zero-order valence-electron chi connectivity index (χ0n) is 8.67. The van der Waals surface area contributed by atoms with E-state index in [2.05, 4.69) is 10.6 Å². The van der Waals surface area contributed by atoms with Crippen LogP contribution in [0.15, 0.2) is 0 Å². The quantitative estimate of drug-likeness (QED) is 0.600. The summed E-state index contributed by atoms with van der Waals surface area (Å²) >= 11 is 0. The van der Waals surface area contributed by atoms with E-state index in [9.17, 15) is 9.59 Å². The van der Waals surface area contributed by atoms with E-state index in [1.54, 1.807) is 7.05 Å². The van der Waals surface area contributed by atoms with Crippen LogP contribution in [0.25, 0.3) is 0 Å². The van der Waals surface area contributed by atoms with E-state index in [1.165, 1.54) is 0 Å². The third-order valence-electron chi connectivity index (χ3n) is 1.96. The topological polar surface area (TPSA) is 78.4 Å². The first kappa shape index (κ1) is 12.9. The molecule has 0 saturated carbocycles. The van der Waals surface area contributed by atoms with Gasteiger partial charge >= 0.3 is 5.97 Å². The summed E-state index contributed by atoms with van der Waals surface area (Å²) in [6.07, 6.45) is 2.39. The maximum atomic E-state index is 10.1. The highest BCUT2D eigenvalue weighted by Crippen LogP contribution is 1.93. The molecule has 0 aromatic heterocycles. The molecular weight excluding hydrogens is 184 g/mol. The fraction of sp³-hybridized carbons (Fsp3) is 0.778. The number of rotatable bonds is 3. The fourth-order valence-corrected chi connectivity index (χ4v) is 1.07. The smallest absolute Gasteiger partial charge is 0.320 e. The zero-order valence-corrected chi connectivity index (χ0v) is 8.67. The molecule has 5 heteroatoms. The summed E-state index contributed by atoms with van der Waals surface area (Å²) in [6, 6.07) is -0.380. The molecule has 0 aliphatic carbocycles. The largest absolute Gasteiger partial charge is 0.480 e. The van der Waals surface area contributed by atoms with Gasteiger partial charge in [0.1, 0.15) is 6.04 Å². The van der Waals surface area contributed by atoms with Gasteiger partial charge in [0.15, 0.2) is 0 Å². The average molecular weight is 202 g/mol. The van der Waals surface area contributed by atoms with Crippen molar-refractivity contribution in [3.63, 3.8) is 0 Å². The van der Waals surface area contributed by atoms with Gasteiger partial charge in [-0.3, -0.25) is 9.59 Å². The Kier molecular flexibility index (Phi) is 6.74. The van der Waals surface area contributed by atoms with Crippen molar-refractivity contribution in [1.29, 1.82) is 0 Å². The fourth-order valence-electron chi connectivity index (χ4n) is 1.07. The number of likely N-dealkylation sites (N-methyl/N-ethyl adjacent to an activating group) is 1. The molecule has 0 radical (unpaired) electrons. The van der Waals surface area contributed by atoms with Crippen molar-refractivity contribution >= 4 is 11.9 Å². The minimum absolute atomic E-state index is 0.204. The average Bonchev–Trinajstić information content (AvgIpc) is 2.58. The Morgan fingerprint density at radius 1 is 1.71 bits per heavy atom. The van der Waals surface area contributed by atoms with E-state index in [1.807, 2.05) is 6.92 Å². The molecule has 5 nitrogen and oxygen atoms in total. The molecule has 1 aliphatic rings. The number of aliphatic carboxylic acids is 1. The van der Waals surface area contributed by atoms with Crippen LogP contribution in [-0.2, 0) is 9.59 Å². The molecule has 1 unspecified atom stereocenters. The molecule has 0 bridgehead atoms. The molecule has 1 heterocycles. The molecule has 1 saturated heterocycles. The van der Waals surface area contributed by atoms with E-state index >= 15 is 0 Å². The third kappa shape index (κ3) is 5.53. The normalized spacial score (nSPS) is 16.6. The minimum atomic E-state index is -0.782.